The van der Waals surface area contributed by atoms with Gasteiger partial charge in [0.05, 0.1) is 11.6 Å². The summed E-state index contributed by atoms with van der Waals surface area (Å²) < 4.78 is 6.14. The zero-order valence-electron chi connectivity index (χ0n) is 15.3. The maximum absolute atomic E-state index is 6.14. The zero-order chi connectivity index (χ0) is 18.9. The number of aromatic nitrogens is 1. The molecule has 2 aromatic heterocycles. The van der Waals surface area contributed by atoms with E-state index in [-0.39, 0.29) is 5.92 Å². The molecule has 3 heterocycles. The molecule has 5 rings (SSSR count). The van der Waals surface area contributed by atoms with E-state index in [9.17, 15) is 0 Å². The van der Waals surface area contributed by atoms with E-state index in [0.29, 0.717) is 12.4 Å². The lowest BCUT2D eigenvalue weighted by atomic mass is 9.92. The summed E-state index contributed by atoms with van der Waals surface area (Å²) in [4.78, 5) is 4.03. The van der Waals surface area contributed by atoms with Gasteiger partial charge in [-0.2, -0.15) is 0 Å². The number of fused-ring (bicyclic) bond motifs is 2. The minimum atomic E-state index is 0.153. The Morgan fingerprint density at radius 1 is 1.11 bits per heavy atom. The van der Waals surface area contributed by atoms with Crippen LogP contribution in [0.15, 0.2) is 71.3 Å². The standard InChI is InChI=1S/C22H21N5O/c23-22-11-16(7-8-24-22)25-12-14-5-6-19-17(9-14)18(13-26-27-19)21-10-15-3-1-2-4-20(15)28-21/h1-11,18,26-27H,12-13H2,(H3,23,24,25). The van der Waals surface area contributed by atoms with Gasteiger partial charge in [0.2, 0.25) is 0 Å². The number of furan rings is 1. The number of hydrazine groups is 1. The molecule has 1 aliphatic rings. The third-order valence-corrected chi connectivity index (χ3v) is 5.09. The third kappa shape index (κ3) is 3.14. The fraction of sp³-hybridized carbons (Fsp3) is 0.136. The Bertz CT molecular complexity index is 1100. The van der Waals surface area contributed by atoms with Crippen LogP contribution in [0.3, 0.4) is 0 Å². The first-order valence-corrected chi connectivity index (χ1v) is 9.32. The smallest absolute Gasteiger partial charge is 0.134 e. The fourth-order valence-corrected chi connectivity index (χ4v) is 3.67. The largest absolute Gasteiger partial charge is 0.460 e. The lowest BCUT2D eigenvalue weighted by molar-refractivity contribution is 0.501. The monoisotopic (exact) mass is 371 g/mol. The molecule has 0 fully saturated rings. The molecule has 28 heavy (non-hydrogen) atoms. The minimum absolute atomic E-state index is 0.153. The molecule has 0 saturated carbocycles. The van der Waals surface area contributed by atoms with E-state index in [1.165, 1.54) is 11.1 Å². The molecule has 6 nitrogen and oxygen atoms in total. The normalized spacial score (nSPS) is 15.8. The number of hydrogen-bond acceptors (Lipinski definition) is 6. The van der Waals surface area contributed by atoms with Crippen LogP contribution < -0.4 is 21.9 Å². The molecule has 0 amide bonds. The highest BCUT2D eigenvalue weighted by Gasteiger charge is 2.25. The van der Waals surface area contributed by atoms with Crippen molar-refractivity contribution in [2.45, 2.75) is 12.5 Å². The number of benzene rings is 2. The Balaban J connectivity index is 1.43. The molecule has 140 valence electrons. The van der Waals surface area contributed by atoms with Gasteiger partial charge < -0.3 is 20.9 Å². The van der Waals surface area contributed by atoms with Gasteiger partial charge in [-0.3, -0.25) is 0 Å². The summed E-state index contributed by atoms with van der Waals surface area (Å²) in [6, 6.07) is 20.5. The van der Waals surface area contributed by atoms with Crippen molar-refractivity contribution in [3.8, 4) is 0 Å². The van der Waals surface area contributed by atoms with Crippen LogP contribution in [0.1, 0.15) is 22.8 Å². The highest BCUT2D eigenvalue weighted by molar-refractivity contribution is 5.78. The van der Waals surface area contributed by atoms with E-state index in [2.05, 4.69) is 51.5 Å². The second-order valence-corrected chi connectivity index (χ2v) is 6.99. The van der Waals surface area contributed by atoms with Crippen LogP contribution in [-0.4, -0.2) is 11.5 Å². The van der Waals surface area contributed by atoms with Crippen molar-refractivity contribution in [2.75, 3.05) is 23.0 Å². The molecule has 5 N–H and O–H groups in total. The van der Waals surface area contributed by atoms with Crippen LogP contribution in [0.4, 0.5) is 17.2 Å². The second-order valence-electron chi connectivity index (χ2n) is 6.99. The molecule has 0 spiro atoms. The van der Waals surface area contributed by atoms with Gasteiger partial charge in [-0.05, 0) is 35.4 Å². The summed E-state index contributed by atoms with van der Waals surface area (Å²) in [7, 11) is 0. The summed E-state index contributed by atoms with van der Waals surface area (Å²) in [6.45, 7) is 1.47. The Morgan fingerprint density at radius 3 is 2.93 bits per heavy atom. The SMILES string of the molecule is Nc1cc(NCc2ccc3c(c2)C(c2cc4ccccc4o2)CNN3)ccn1. The Morgan fingerprint density at radius 2 is 2.04 bits per heavy atom. The van der Waals surface area contributed by atoms with Crippen molar-refractivity contribution in [3.05, 3.63) is 83.7 Å². The lowest BCUT2D eigenvalue weighted by Gasteiger charge is -2.27. The van der Waals surface area contributed by atoms with Crippen molar-refractivity contribution >= 4 is 28.2 Å². The van der Waals surface area contributed by atoms with Crippen LogP contribution in [0.5, 0.6) is 0 Å². The number of para-hydroxylation sites is 1. The number of anilines is 3. The highest BCUT2D eigenvalue weighted by atomic mass is 16.3. The quantitative estimate of drug-likeness (QED) is 0.432. The van der Waals surface area contributed by atoms with Crippen LogP contribution in [0, 0.1) is 0 Å². The summed E-state index contributed by atoms with van der Waals surface area (Å²) in [5.41, 5.74) is 17.7. The van der Waals surface area contributed by atoms with Gasteiger partial charge in [0.25, 0.3) is 0 Å². The molecular weight excluding hydrogens is 350 g/mol. The molecular formula is C22H21N5O. The van der Waals surface area contributed by atoms with E-state index in [1.54, 1.807) is 6.20 Å². The van der Waals surface area contributed by atoms with E-state index in [4.69, 9.17) is 10.2 Å². The molecule has 1 unspecified atom stereocenters. The van der Waals surface area contributed by atoms with Crippen molar-refractivity contribution in [2.24, 2.45) is 0 Å². The number of nitrogens with one attached hydrogen (secondary N) is 3. The summed E-state index contributed by atoms with van der Waals surface area (Å²) in [6.07, 6.45) is 1.71. The first-order valence-electron chi connectivity index (χ1n) is 9.32. The van der Waals surface area contributed by atoms with Gasteiger partial charge >= 0.3 is 0 Å². The van der Waals surface area contributed by atoms with E-state index < -0.39 is 0 Å². The average molecular weight is 371 g/mol. The molecule has 0 radical (unpaired) electrons. The van der Waals surface area contributed by atoms with Gasteiger partial charge in [0, 0.05) is 36.4 Å². The van der Waals surface area contributed by atoms with Crippen molar-refractivity contribution < 1.29 is 4.42 Å². The summed E-state index contributed by atoms with van der Waals surface area (Å²) in [5, 5.41) is 4.54. The number of nitrogen functional groups attached to an aromatic ring is 1. The number of hydrogen-bond donors (Lipinski definition) is 4. The molecule has 1 aliphatic heterocycles. The van der Waals surface area contributed by atoms with Crippen LogP contribution in [0.25, 0.3) is 11.0 Å². The van der Waals surface area contributed by atoms with E-state index >= 15 is 0 Å². The van der Waals surface area contributed by atoms with Gasteiger partial charge in [-0.15, -0.1) is 0 Å². The number of nitrogens with two attached hydrogens (primary N) is 1. The number of rotatable bonds is 4. The average Bonchev–Trinajstić information content (AvgIpc) is 3.16. The number of nitrogens with zero attached hydrogens (tertiary/aromatic N) is 1. The van der Waals surface area contributed by atoms with Gasteiger partial charge in [0.1, 0.15) is 17.2 Å². The number of pyridine rings is 1. The summed E-state index contributed by atoms with van der Waals surface area (Å²) >= 11 is 0. The maximum atomic E-state index is 6.14. The van der Waals surface area contributed by atoms with Crippen LogP contribution >= 0.6 is 0 Å². The summed E-state index contributed by atoms with van der Waals surface area (Å²) in [5.74, 6) is 1.64. The molecule has 6 heteroatoms. The fourth-order valence-electron chi connectivity index (χ4n) is 3.67. The van der Waals surface area contributed by atoms with E-state index in [1.807, 2.05) is 30.3 Å². The predicted octanol–water partition coefficient (Wildman–Crippen LogP) is 4.08. The third-order valence-electron chi connectivity index (χ3n) is 5.09. The Labute approximate surface area is 162 Å². The lowest BCUT2D eigenvalue weighted by Crippen LogP contribution is -2.33. The van der Waals surface area contributed by atoms with Crippen molar-refractivity contribution in [1.82, 2.24) is 10.4 Å². The maximum Gasteiger partial charge on any atom is 0.134 e. The van der Waals surface area contributed by atoms with E-state index in [0.717, 1.165) is 34.6 Å². The minimum Gasteiger partial charge on any atom is -0.460 e. The van der Waals surface area contributed by atoms with Crippen molar-refractivity contribution in [3.63, 3.8) is 0 Å². The molecule has 2 aromatic carbocycles. The second kappa shape index (κ2) is 6.90. The first-order chi connectivity index (χ1) is 13.8. The molecule has 4 aromatic rings. The molecule has 1 atom stereocenters. The van der Waals surface area contributed by atoms with Gasteiger partial charge in [-0.25, -0.2) is 10.4 Å². The molecule has 0 aliphatic carbocycles. The Hall–Kier alpha value is -3.51. The van der Waals surface area contributed by atoms with Gasteiger partial charge in [0.15, 0.2) is 0 Å². The van der Waals surface area contributed by atoms with Crippen molar-refractivity contribution in [1.29, 1.82) is 0 Å². The Kier molecular flexibility index (Phi) is 4.10. The van der Waals surface area contributed by atoms with Crippen LogP contribution in [0.2, 0.25) is 0 Å². The topological polar surface area (TPSA) is 88.1 Å². The zero-order valence-corrected chi connectivity index (χ0v) is 15.3. The van der Waals surface area contributed by atoms with Gasteiger partial charge in [-0.1, -0.05) is 30.3 Å². The highest BCUT2D eigenvalue weighted by Crippen LogP contribution is 2.36. The van der Waals surface area contributed by atoms with Crippen LogP contribution in [-0.2, 0) is 6.54 Å². The first kappa shape index (κ1) is 16.6. The molecule has 0 bridgehead atoms. The predicted molar refractivity (Wildman–Crippen MR) is 112 cm³/mol. The molecule has 0 saturated heterocycles.